The van der Waals surface area contributed by atoms with Gasteiger partial charge in [-0.3, -0.25) is 10.1 Å². The van der Waals surface area contributed by atoms with Crippen LogP contribution < -0.4 is 5.32 Å². The van der Waals surface area contributed by atoms with Crippen LogP contribution in [0.1, 0.15) is 32.9 Å². The van der Waals surface area contributed by atoms with Gasteiger partial charge in [-0.1, -0.05) is 0 Å². The van der Waals surface area contributed by atoms with Gasteiger partial charge in [-0.15, -0.1) is 23.7 Å². The summed E-state index contributed by atoms with van der Waals surface area (Å²) >= 11 is 1.24. The molecule has 0 bridgehead atoms. The Morgan fingerprint density at radius 2 is 2.11 bits per heavy atom. The number of amides is 1. The molecule has 6 nitrogen and oxygen atoms in total. The molecule has 0 spiro atoms. The molecule has 0 radical (unpaired) electrons. The largest absolute Gasteiger partial charge is 0.481 e. The fraction of sp³-hybridized carbons (Fsp3) is 0.545. The summed E-state index contributed by atoms with van der Waals surface area (Å²) in [4.78, 5) is 25.9. The number of nitrogens with one attached hydrogen (secondary N) is 1. The highest BCUT2D eigenvalue weighted by atomic mass is 35.5. The molecule has 1 amide bonds. The Balaban J connectivity index is 0.00000324. The van der Waals surface area contributed by atoms with Crippen LogP contribution in [0.25, 0.3) is 0 Å². The molecule has 0 saturated carbocycles. The predicted octanol–water partition coefficient (Wildman–Crippen LogP) is 2.93. The molecule has 1 rings (SSSR count). The first-order valence-corrected chi connectivity index (χ1v) is 6.30. The number of carbonyl (C=O) groups excluding carboxylic acids is 1. The van der Waals surface area contributed by atoms with E-state index >= 15 is 0 Å². The van der Waals surface area contributed by atoms with E-state index in [9.17, 15) is 9.59 Å². The van der Waals surface area contributed by atoms with E-state index < -0.39 is 17.7 Å². The van der Waals surface area contributed by atoms with Gasteiger partial charge >= 0.3 is 12.1 Å². The normalized spacial score (nSPS) is 10.5. The van der Waals surface area contributed by atoms with E-state index in [2.05, 4.69) is 10.3 Å². The van der Waals surface area contributed by atoms with Crippen LogP contribution in [0.3, 0.4) is 0 Å². The number of nitrogens with zero attached hydrogens (tertiary/aromatic N) is 1. The van der Waals surface area contributed by atoms with Crippen LogP contribution in [0.15, 0.2) is 5.38 Å². The molecule has 0 aliphatic heterocycles. The van der Waals surface area contributed by atoms with E-state index in [4.69, 9.17) is 9.84 Å². The second kappa shape index (κ2) is 7.30. The van der Waals surface area contributed by atoms with Gasteiger partial charge in [0.25, 0.3) is 0 Å². The van der Waals surface area contributed by atoms with Crippen molar-refractivity contribution in [1.29, 1.82) is 0 Å². The molecule has 0 unspecified atom stereocenters. The van der Waals surface area contributed by atoms with Crippen LogP contribution in [0.4, 0.5) is 9.93 Å². The molecule has 2 N–H and O–H groups in total. The number of anilines is 1. The van der Waals surface area contributed by atoms with E-state index in [0.717, 1.165) is 0 Å². The van der Waals surface area contributed by atoms with Gasteiger partial charge < -0.3 is 9.84 Å². The lowest BCUT2D eigenvalue weighted by Gasteiger charge is -2.18. The second-order valence-corrected chi connectivity index (χ2v) is 5.52. The highest BCUT2D eigenvalue weighted by Crippen LogP contribution is 2.18. The number of aromatic nitrogens is 1. The number of ether oxygens (including phenoxy) is 1. The summed E-state index contributed by atoms with van der Waals surface area (Å²) in [7, 11) is 0. The van der Waals surface area contributed by atoms with Crippen molar-refractivity contribution < 1.29 is 19.4 Å². The zero-order valence-corrected chi connectivity index (χ0v) is 12.6. The van der Waals surface area contributed by atoms with Crippen molar-refractivity contribution in [1.82, 2.24) is 4.98 Å². The quantitative estimate of drug-likeness (QED) is 0.892. The van der Waals surface area contributed by atoms with Gasteiger partial charge in [0, 0.05) is 11.8 Å². The Labute approximate surface area is 121 Å². The maximum absolute atomic E-state index is 11.4. The monoisotopic (exact) mass is 308 g/mol. The van der Waals surface area contributed by atoms with Crippen LogP contribution in [-0.2, 0) is 16.0 Å². The molecule has 0 fully saturated rings. The van der Waals surface area contributed by atoms with Crippen LogP contribution in [0.2, 0.25) is 0 Å². The van der Waals surface area contributed by atoms with Crippen molar-refractivity contribution in [3.05, 3.63) is 11.1 Å². The third kappa shape index (κ3) is 7.63. The molecule has 1 aromatic heterocycles. The van der Waals surface area contributed by atoms with Crippen LogP contribution >= 0.6 is 23.7 Å². The van der Waals surface area contributed by atoms with Crippen molar-refractivity contribution in [2.24, 2.45) is 0 Å². The van der Waals surface area contributed by atoms with Crippen LogP contribution in [-0.4, -0.2) is 27.8 Å². The lowest BCUT2D eigenvalue weighted by molar-refractivity contribution is -0.136. The number of halogens is 1. The third-order valence-corrected chi connectivity index (χ3v) is 2.56. The third-order valence-electron chi connectivity index (χ3n) is 1.75. The van der Waals surface area contributed by atoms with Gasteiger partial charge in [0.05, 0.1) is 12.1 Å². The van der Waals surface area contributed by atoms with Crippen molar-refractivity contribution in [3.8, 4) is 0 Å². The number of rotatable bonds is 4. The number of carboxylic acid groups (broad SMARTS) is 1. The lowest BCUT2D eigenvalue weighted by atomic mass is 10.2. The standard InChI is InChI=1S/C11H16N2O4S.ClH/c1-11(2,3)17-10(16)13-9-12-7(6-18-9)4-5-8(14)15;/h6H,4-5H2,1-3H3,(H,14,15)(H,12,13,16);1H. The average molecular weight is 309 g/mol. The molecule has 0 atom stereocenters. The molecule has 19 heavy (non-hydrogen) atoms. The molecule has 0 aliphatic rings. The van der Waals surface area contributed by atoms with Gasteiger partial charge in [0.2, 0.25) is 0 Å². The van der Waals surface area contributed by atoms with E-state index in [1.807, 2.05) is 0 Å². The highest BCUT2D eigenvalue weighted by Gasteiger charge is 2.17. The zero-order chi connectivity index (χ0) is 13.8. The Morgan fingerprint density at radius 1 is 1.47 bits per heavy atom. The molecule has 108 valence electrons. The number of aliphatic carboxylic acids is 1. The minimum atomic E-state index is -0.871. The zero-order valence-electron chi connectivity index (χ0n) is 10.9. The topological polar surface area (TPSA) is 88.5 Å². The summed E-state index contributed by atoms with van der Waals surface area (Å²) in [5.74, 6) is -0.871. The summed E-state index contributed by atoms with van der Waals surface area (Å²) in [6.45, 7) is 5.31. The summed E-state index contributed by atoms with van der Waals surface area (Å²) in [5, 5.41) is 13.2. The smallest absolute Gasteiger partial charge is 0.413 e. The minimum absolute atomic E-state index is 0. The number of thiazole rings is 1. The summed E-state index contributed by atoms with van der Waals surface area (Å²) < 4.78 is 5.07. The Bertz CT molecular complexity index is 442. The van der Waals surface area contributed by atoms with Gasteiger partial charge in [-0.2, -0.15) is 0 Å². The average Bonchev–Trinajstić information content (AvgIpc) is 2.59. The maximum atomic E-state index is 11.4. The van der Waals surface area contributed by atoms with E-state index in [0.29, 0.717) is 17.2 Å². The number of hydrogen-bond acceptors (Lipinski definition) is 5. The Hall–Kier alpha value is -1.34. The molecule has 8 heteroatoms. The molecule has 0 aliphatic carbocycles. The van der Waals surface area contributed by atoms with Crippen molar-refractivity contribution in [3.63, 3.8) is 0 Å². The molecule has 1 aromatic rings. The number of hydrogen-bond donors (Lipinski definition) is 2. The lowest BCUT2D eigenvalue weighted by Crippen LogP contribution is -2.27. The SMILES string of the molecule is CC(C)(C)OC(=O)Nc1nc(CCC(=O)O)cs1.Cl. The van der Waals surface area contributed by atoms with Crippen molar-refractivity contribution in [2.75, 3.05) is 5.32 Å². The van der Waals surface area contributed by atoms with E-state index in [1.165, 1.54) is 11.3 Å². The number of aryl methyl sites for hydroxylation is 1. The van der Waals surface area contributed by atoms with Crippen LogP contribution in [0, 0.1) is 0 Å². The molecule has 1 heterocycles. The van der Waals surface area contributed by atoms with Gasteiger partial charge in [-0.05, 0) is 20.8 Å². The van der Waals surface area contributed by atoms with E-state index in [1.54, 1.807) is 26.2 Å². The molecular formula is C11H17ClN2O4S. The fourth-order valence-electron chi connectivity index (χ4n) is 1.11. The summed E-state index contributed by atoms with van der Waals surface area (Å²) in [6, 6.07) is 0. The second-order valence-electron chi connectivity index (χ2n) is 4.66. The molecular weight excluding hydrogens is 292 g/mol. The summed E-state index contributed by atoms with van der Waals surface area (Å²) in [5.41, 5.74) is 0.0847. The number of carboxylic acids is 1. The van der Waals surface area contributed by atoms with Gasteiger partial charge in [0.15, 0.2) is 5.13 Å². The van der Waals surface area contributed by atoms with Crippen LogP contribution in [0.5, 0.6) is 0 Å². The Morgan fingerprint density at radius 3 is 2.63 bits per heavy atom. The minimum Gasteiger partial charge on any atom is -0.481 e. The van der Waals surface area contributed by atoms with Gasteiger partial charge in [0.1, 0.15) is 5.60 Å². The van der Waals surface area contributed by atoms with E-state index in [-0.39, 0.29) is 18.8 Å². The highest BCUT2D eigenvalue weighted by molar-refractivity contribution is 7.13. The molecule has 0 saturated heterocycles. The Kier molecular flexibility index (Phi) is 6.78. The summed E-state index contributed by atoms with van der Waals surface area (Å²) in [6.07, 6.45) is -0.195. The molecule has 0 aromatic carbocycles. The first kappa shape index (κ1) is 17.7. The first-order valence-electron chi connectivity index (χ1n) is 5.42. The van der Waals surface area contributed by atoms with Crippen molar-refractivity contribution >= 4 is 40.9 Å². The first-order chi connectivity index (χ1) is 8.26. The number of carbonyl (C=O) groups is 2. The fourth-order valence-corrected chi connectivity index (χ4v) is 1.84. The van der Waals surface area contributed by atoms with Crippen molar-refractivity contribution in [2.45, 2.75) is 39.2 Å². The maximum Gasteiger partial charge on any atom is 0.413 e. The van der Waals surface area contributed by atoms with Gasteiger partial charge in [-0.25, -0.2) is 9.78 Å². The predicted molar refractivity (Wildman–Crippen MR) is 75.2 cm³/mol.